The fraction of sp³-hybridized carbons (Fsp3) is 0.278. The number of para-hydroxylation sites is 1. The summed E-state index contributed by atoms with van der Waals surface area (Å²) in [6.45, 7) is 4.13. The normalized spacial score (nSPS) is 10.4. The third-order valence-corrected chi connectivity index (χ3v) is 3.70. The molecular weight excluding hydrogens is 262 g/mol. The summed E-state index contributed by atoms with van der Waals surface area (Å²) < 4.78 is 5.30. The zero-order valence-electron chi connectivity index (χ0n) is 12.8. The highest BCUT2D eigenvalue weighted by molar-refractivity contribution is 6.12. The zero-order chi connectivity index (χ0) is 15.4. The van der Waals surface area contributed by atoms with E-state index < -0.39 is 0 Å². The van der Waals surface area contributed by atoms with E-state index in [1.807, 2.05) is 19.1 Å². The van der Waals surface area contributed by atoms with Crippen LogP contribution < -0.4 is 10.5 Å². The van der Waals surface area contributed by atoms with E-state index in [4.69, 9.17) is 10.5 Å². The van der Waals surface area contributed by atoms with E-state index in [1.165, 1.54) is 7.11 Å². The number of anilines is 1. The summed E-state index contributed by atoms with van der Waals surface area (Å²) >= 11 is 0. The van der Waals surface area contributed by atoms with Crippen LogP contribution >= 0.6 is 0 Å². The molecule has 3 nitrogen and oxygen atoms in total. The van der Waals surface area contributed by atoms with Crippen molar-refractivity contribution in [3.05, 3.63) is 58.7 Å². The van der Waals surface area contributed by atoms with Gasteiger partial charge in [-0.15, -0.1) is 0 Å². The minimum absolute atomic E-state index is 0.0358. The molecular formula is C18H21NO2. The van der Waals surface area contributed by atoms with Gasteiger partial charge in [-0.25, -0.2) is 0 Å². The van der Waals surface area contributed by atoms with E-state index >= 15 is 0 Å². The lowest BCUT2D eigenvalue weighted by Crippen LogP contribution is -2.09. The topological polar surface area (TPSA) is 52.3 Å². The maximum absolute atomic E-state index is 12.9. The Kier molecular flexibility index (Phi) is 4.63. The highest BCUT2D eigenvalue weighted by atomic mass is 16.5. The number of benzene rings is 2. The molecule has 0 saturated heterocycles. The van der Waals surface area contributed by atoms with Crippen LogP contribution in [0, 0.1) is 0 Å². The second-order valence-electron chi connectivity index (χ2n) is 4.96. The van der Waals surface area contributed by atoms with Crippen LogP contribution in [-0.4, -0.2) is 12.9 Å². The fourth-order valence-electron chi connectivity index (χ4n) is 2.47. The largest absolute Gasteiger partial charge is 0.494 e. The van der Waals surface area contributed by atoms with Gasteiger partial charge in [0.15, 0.2) is 11.5 Å². The molecule has 0 saturated carbocycles. The van der Waals surface area contributed by atoms with Gasteiger partial charge in [-0.05, 0) is 42.2 Å². The van der Waals surface area contributed by atoms with Crippen molar-refractivity contribution < 1.29 is 9.53 Å². The van der Waals surface area contributed by atoms with Crippen LogP contribution in [0.2, 0.25) is 0 Å². The standard InChI is InChI=1S/C18H21NO2/c1-4-12-9-10-13(5-2)15(11-12)17(20)14-7-6-8-16(19)18(14)21-3/h6-11H,4-5,19H2,1-3H3. The Hall–Kier alpha value is -2.29. The maximum Gasteiger partial charge on any atom is 0.197 e. The quantitative estimate of drug-likeness (QED) is 0.673. The third-order valence-electron chi connectivity index (χ3n) is 3.70. The van der Waals surface area contributed by atoms with E-state index in [0.29, 0.717) is 17.0 Å². The molecule has 0 aliphatic rings. The Labute approximate surface area is 125 Å². The molecule has 0 aliphatic heterocycles. The Balaban J connectivity index is 2.57. The number of carbonyl (C=O) groups is 1. The molecule has 2 rings (SSSR count). The number of ketones is 1. The van der Waals surface area contributed by atoms with E-state index in [1.54, 1.807) is 18.2 Å². The van der Waals surface area contributed by atoms with Crippen molar-refractivity contribution in [1.29, 1.82) is 0 Å². The molecule has 0 spiro atoms. The number of hydrogen-bond acceptors (Lipinski definition) is 3. The minimum atomic E-state index is -0.0358. The molecule has 0 aliphatic carbocycles. The van der Waals surface area contributed by atoms with Gasteiger partial charge >= 0.3 is 0 Å². The smallest absolute Gasteiger partial charge is 0.197 e. The molecule has 2 aromatic rings. The monoisotopic (exact) mass is 283 g/mol. The summed E-state index contributed by atoms with van der Waals surface area (Å²) in [4.78, 5) is 12.9. The number of aryl methyl sites for hydroxylation is 2. The van der Waals surface area contributed by atoms with Gasteiger partial charge in [-0.3, -0.25) is 4.79 Å². The van der Waals surface area contributed by atoms with Crippen molar-refractivity contribution in [2.45, 2.75) is 26.7 Å². The Morgan fingerprint density at radius 3 is 2.48 bits per heavy atom. The number of ether oxygens (including phenoxy) is 1. The van der Waals surface area contributed by atoms with Crippen molar-refractivity contribution >= 4 is 11.5 Å². The van der Waals surface area contributed by atoms with Gasteiger partial charge in [0.1, 0.15) is 0 Å². The summed E-state index contributed by atoms with van der Waals surface area (Å²) in [7, 11) is 1.53. The van der Waals surface area contributed by atoms with E-state index in [0.717, 1.165) is 29.5 Å². The molecule has 3 heteroatoms. The Bertz CT molecular complexity index is 662. The van der Waals surface area contributed by atoms with Gasteiger partial charge in [0.05, 0.1) is 18.4 Å². The molecule has 2 aromatic carbocycles. The van der Waals surface area contributed by atoms with Crippen LogP contribution in [0.15, 0.2) is 36.4 Å². The van der Waals surface area contributed by atoms with E-state index in [2.05, 4.69) is 13.0 Å². The Morgan fingerprint density at radius 1 is 1.10 bits per heavy atom. The van der Waals surface area contributed by atoms with Crippen molar-refractivity contribution in [3.8, 4) is 5.75 Å². The first-order valence-electron chi connectivity index (χ1n) is 7.21. The van der Waals surface area contributed by atoms with Crippen molar-refractivity contribution in [3.63, 3.8) is 0 Å². The lowest BCUT2D eigenvalue weighted by atomic mass is 9.93. The summed E-state index contributed by atoms with van der Waals surface area (Å²) in [6.07, 6.45) is 1.72. The minimum Gasteiger partial charge on any atom is -0.494 e. The molecule has 0 unspecified atom stereocenters. The molecule has 0 heterocycles. The first kappa shape index (κ1) is 15.1. The number of carbonyl (C=O) groups excluding carboxylic acids is 1. The number of hydrogen-bond donors (Lipinski definition) is 1. The molecule has 0 atom stereocenters. The average Bonchev–Trinajstić information content (AvgIpc) is 2.53. The molecule has 0 bridgehead atoms. The highest BCUT2D eigenvalue weighted by Gasteiger charge is 2.18. The highest BCUT2D eigenvalue weighted by Crippen LogP contribution is 2.29. The van der Waals surface area contributed by atoms with Crippen molar-refractivity contribution in [2.75, 3.05) is 12.8 Å². The summed E-state index contributed by atoms with van der Waals surface area (Å²) in [6, 6.07) is 11.4. The first-order valence-corrected chi connectivity index (χ1v) is 7.21. The van der Waals surface area contributed by atoms with Gasteiger partial charge in [0.2, 0.25) is 0 Å². The predicted molar refractivity (Wildman–Crippen MR) is 86.0 cm³/mol. The SMILES string of the molecule is CCc1ccc(CC)c(C(=O)c2cccc(N)c2OC)c1. The van der Waals surface area contributed by atoms with Crippen molar-refractivity contribution in [2.24, 2.45) is 0 Å². The molecule has 2 N–H and O–H groups in total. The number of rotatable bonds is 5. The van der Waals surface area contributed by atoms with Gasteiger partial charge in [-0.2, -0.15) is 0 Å². The zero-order valence-corrected chi connectivity index (χ0v) is 12.8. The number of methoxy groups -OCH3 is 1. The molecule has 110 valence electrons. The van der Waals surface area contributed by atoms with Crippen LogP contribution in [0.25, 0.3) is 0 Å². The van der Waals surface area contributed by atoms with Crippen LogP contribution in [-0.2, 0) is 12.8 Å². The summed E-state index contributed by atoms with van der Waals surface area (Å²) in [5.41, 5.74) is 9.82. The molecule has 21 heavy (non-hydrogen) atoms. The van der Waals surface area contributed by atoms with E-state index in [9.17, 15) is 4.79 Å². The fourth-order valence-corrected chi connectivity index (χ4v) is 2.47. The second-order valence-corrected chi connectivity index (χ2v) is 4.96. The van der Waals surface area contributed by atoms with E-state index in [-0.39, 0.29) is 5.78 Å². The molecule has 0 fully saturated rings. The third kappa shape index (κ3) is 2.92. The van der Waals surface area contributed by atoms with Crippen LogP contribution in [0.5, 0.6) is 5.75 Å². The number of nitrogens with two attached hydrogens (primary N) is 1. The first-order chi connectivity index (χ1) is 10.1. The molecule has 0 amide bonds. The lowest BCUT2D eigenvalue weighted by molar-refractivity contribution is 0.103. The van der Waals surface area contributed by atoms with Crippen LogP contribution in [0.1, 0.15) is 40.9 Å². The summed E-state index contributed by atoms with van der Waals surface area (Å²) in [5.74, 6) is 0.415. The van der Waals surface area contributed by atoms with Gasteiger partial charge in [0, 0.05) is 5.56 Å². The number of nitrogen functional groups attached to an aromatic ring is 1. The second kappa shape index (κ2) is 6.44. The summed E-state index contributed by atoms with van der Waals surface area (Å²) in [5, 5.41) is 0. The molecule has 0 radical (unpaired) electrons. The Morgan fingerprint density at radius 2 is 1.86 bits per heavy atom. The lowest BCUT2D eigenvalue weighted by Gasteiger charge is -2.13. The molecule has 0 aromatic heterocycles. The predicted octanol–water partition coefficient (Wildman–Crippen LogP) is 3.63. The maximum atomic E-state index is 12.9. The average molecular weight is 283 g/mol. The van der Waals surface area contributed by atoms with Crippen LogP contribution in [0.3, 0.4) is 0 Å². The van der Waals surface area contributed by atoms with Gasteiger partial charge in [-0.1, -0.05) is 32.0 Å². The van der Waals surface area contributed by atoms with Crippen LogP contribution in [0.4, 0.5) is 5.69 Å². The van der Waals surface area contributed by atoms with Gasteiger partial charge < -0.3 is 10.5 Å². The van der Waals surface area contributed by atoms with Crippen molar-refractivity contribution in [1.82, 2.24) is 0 Å². The van der Waals surface area contributed by atoms with Gasteiger partial charge in [0.25, 0.3) is 0 Å².